The van der Waals surface area contributed by atoms with Crippen molar-refractivity contribution in [3.05, 3.63) is 0 Å². The number of hydrogen-bond donors (Lipinski definition) is 1. The van der Waals surface area contributed by atoms with Gasteiger partial charge in [0.05, 0.1) is 0 Å². The van der Waals surface area contributed by atoms with E-state index < -0.39 is 15.6 Å². The molecule has 0 rings (SSSR count). The average molecular weight is 287 g/mol. The average Bonchev–Trinajstić information content (AvgIpc) is 1.25. The van der Waals surface area contributed by atoms with Gasteiger partial charge in [0, 0.05) is 48.9 Å². The fourth-order valence-electron chi connectivity index (χ4n) is 0. The van der Waals surface area contributed by atoms with E-state index in [1.165, 1.54) is 0 Å². The topological polar surface area (TPSA) is 54.4 Å². The molecule has 1 N–H and O–H groups in total. The number of hydrogen-bond acceptors (Lipinski definition) is 2. The smallest absolute Gasteiger partial charge is 0.279 e. The van der Waals surface area contributed by atoms with Crippen LogP contribution in [0.5, 0.6) is 0 Å². The minimum absolute atomic E-state index is 0. The van der Waals surface area contributed by atoms with Gasteiger partial charge in [-0.25, -0.2) is 0 Å². The molecule has 0 atom stereocenters. The maximum Gasteiger partial charge on any atom is 0.522 e. The third-order valence-electron chi connectivity index (χ3n) is 0.292. The molecule has 8 heteroatoms. The van der Waals surface area contributed by atoms with Gasteiger partial charge in [0.25, 0.3) is 0 Å². The Labute approximate surface area is 89.4 Å². The zero-order valence-corrected chi connectivity index (χ0v) is 9.27. The van der Waals surface area contributed by atoms with Crippen molar-refractivity contribution in [2.24, 2.45) is 0 Å². The van der Waals surface area contributed by atoms with Gasteiger partial charge in [-0.2, -0.15) is 21.6 Å². The van der Waals surface area contributed by atoms with Gasteiger partial charge in [0.2, 0.25) is 0 Å². The normalized spacial score (nSPS) is 12.4. The molecule has 0 heterocycles. The van der Waals surface area contributed by atoms with E-state index >= 15 is 0 Å². The molecular weight excluding hydrogens is 286 g/mol. The van der Waals surface area contributed by atoms with E-state index in [9.17, 15) is 13.2 Å². The Bertz CT molecular complexity index is 168. The van der Waals surface area contributed by atoms with E-state index in [0.29, 0.717) is 0 Å². The van der Waals surface area contributed by atoms with Crippen LogP contribution < -0.4 is 0 Å². The molecule has 0 spiro atoms. The van der Waals surface area contributed by atoms with E-state index in [4.69, 9.17) is 13.0 Å². The van der Waals surface area contributed by atoms with Gasteiger partial charge < -0.3 is 0 Å². The van der Waals surface area contributed by atoms with Gasteiger partial charge in [-0.05, 0) is 0 Å². The van der Waals surface area contributed by atoms with Gasteiger partial charge in [-0.1, -0.05) is 0 Å². The Morgan fingerprint density at radius 1 is 1.22 bits per heavy atom. The third-order valence-corrected chi connectivity index (χ3v) is 0.877. The predicted molar refractivity (Wildman–Crippen MR) is 23.4 cm³/mol. The summed E-state index contributed by atoms with van der Waals surface area (Å²) in [4.78, 5) is 0. The molecule has 0 unspecified atom stereocenters. The minimum atomic E-state index is -5.84. The van der Waals surface area contributed by atoms with E-state index in [1.807, 2.05) is 0 Å². The van der Waals surface area contributed by atoms with Gasteiger partial charge in [0.15, 0.2) is 0 Å². The fourth-order valence-corrected chi connectivity index (χ4v) is 0. The second-order valence-electron chi connectivity index (χ2n) is 0.921. The molecule has 3 nitrogen and oxygen atoms in total. The van der Waals surface area contributed by atoms with Crippen LogP contribution in [0.15, 0.2) is 0 Å². The van der Waals surface area contributed by atoms with E-state index in [1.54, 1.807) is 0 Å². The van der Waals surface area contributed by atoms with Crippen molar-refractivity contribution in [1.29, 1.82) is 0 Å². The monoisotopic (exact) mass is 288 g/mol. The molecule has 0 saturated heterocycles. The molecule has 0 aromatic heterocycles. The van der Waals surface area contributed by atoms with Crippen LogP contribution in [0.4, 0.5) is 13.2 Å². The first-order valence-electron chi connectivity index (χ1n) is 1.29. The summed E-state index contributed by atoms with van der Waals surface area (Å²) in [5.74, 6) is 0. The third kappa shape index (κ3) is 4.65. The van der Waals surface area contributed by atoms with Crippen LogP contribution in [-0.2, 0) is 10.1 Å². The molecule has 0 aliphatic rings. The standard InChI is InChI=1S/CHF3O3S.Ba/c2-1(3,4)8(5,6)7;/h(H,5,6,7);. The number of alkyl halides is 3. The van der Waals surface area contributed by atoms with Crippen molar-refractivity contribution in [2.45, 2.75) is 5.51 Å². The minimum Gasteiger partial charge on any atom is -0.279 e. The van der Waals surface area contributed by atoms with Crippen molar-refractivity contribution in [2.75, 3.05) is 0 Å². The van der Waals surface area contributed by atoms with Crippen LogP contribution in [-0.4, -0.2) is 67.4 Å². The second-order valence-corrected chi connectivity index (χ2v) is 2.33. The molecule has 2 radical (unpaired) electrons. The first-order chi connectivity index (χ1) is 3.25. The molecule has 0 aromatic carbocycles. The maximum atomic E-state index is 10.7. The van der Waals surface area contributed by atoms with E-state index in [2.05, 4.69) is 0 Å². The van der Waals surface area contributed by atoms with E-state index in [-0.39, 0.29) is 48.9 Å². The summed E-state index contributed by atoms with van der Waals surface area (Å²) in [6, 6.07) is 0. The van der Waals surface area contributed by atoms with Crippen molar-refractivity contribution >= 4 is 59.0 Å². The van der Waals surface area contributed by atoms with Crippen molar-refractivity contribution in [1.82, 2.24) is 0 Å². The predicted octanol–water partition coefficient (Wildman–Crippen LogP) is 0.0132. The summed E-state index contributed by atoms with van der Waals surface area (Å²) in [6.07, 6.45) is 0. The molecule has 0 aliphatic carbocycles. The van der Waals surface area contributed by atoms with Gasteiger partial charge in [-0.3, -0.25) is 4.55 Å². The van der Waals surface area contributed by atoms with E-state index in [0.717, 1.165) is 0 Å². The van der Waals surface area contributed by atoms with Crippen LogP contribution in [0.3, 0.4) is 0 Å². The molecule has 0 aromatic rings. The largest absolute Gasteiger partial charge is 0.522 e. The fraction of sp³-hybridized carbons (Fsp3) is 1.00. The summed E-state index contributed by atoms with van der Waals surface area (Å²) in [7, 11) is -5.84. The number of rotatable bonds is 0. The van der Waals surface area contributed by atoms with Crippen LogP contribution >= 0.6 is 0 Å². The second kappa shape index (κ2) is 3.60. The Kier molecular flexibility index (Phi) is 5.16. The Morgan fingerprint density at radius 2 is 1.33 bits per heavy atom. The molecule has 0 aliphatic heterocycles. The molecular formula is CHBaF3O3S. The van der Waals surface area contributed by atoms with Gasteiger partial charge in [-0.15, -0.1) is 0 Å². The first-order valence-corrected chi connectivity index (χ1v) is 2.73. The maximum absolute atomic E-state index is 10.7. The molecule has 52 valence electrons. The SMILES string of the molecule is O=S(=O)(O)C(F)(F)F.[Ba]. The van der Waals surface area contributed by atoms with Crippen molar-refractivity contribution < 1.29 is 26.1 Å². The van der Waals surface area contributed by atoms with Crippen molar-refractivity contribution in [3.8, 4) is 0 Å². The summed E-state index contributed by atoms with van der Waals surface area (Å²) < 4.78 is 57.5. The summed E-state index contributed by atoms with van der Waals surface area (Å²) >= 11 is 0. The Morgan fingerprint density at radius 3 is 1.33 bits per heavy atom. The van der Waals surface area contributed by atoms with Crippen LogP contribution in [0.2, 0.25) is 0 Å². The molecule has 0 bridgehead atoms. The van der Waals surface area contributed by atoms with Gasteiger partial charge >= 0.3 is 15.6 Å². The van der Waals surface area contributed by atoms with Crippen LogP contribution in [0.25, 0.3) is 0 Å². The Balaban J connectivity index is 0. The molecule has 0 saturated carbocycles. The molecule has 0 fully saturated rings. The first kappa shape index (κ1) is 12.9. The molecule has 9 heavy (non-hydrogen) atoms. The summed E-state index contributed by atoms with van der Waals surface area (Å²) in [5.41, 5.74) is -5.53. The quantitative estimate of drug-likeness (QED) is 0.388. The van der Waals surface area contributed by atoms with Gasteiger partial charge in [0.1, 0.15) is 0 Å². The summed E-state index contributed by atoms with van der Waals surface area (Å²) in [6.45, 7) is 0. The summed E-state index contributed by atoms with van der Waals surface area (Å²) in [5, 5.41) is 0. The Hall–Kier alpha value is 1.27. The van der Waals surface area contributed by atoms with Crippen LogP contribution in [0, 0.1) is 0 Å². The zero-order valence-electron chi connectivity index (χ0n) is 4.01. The van der Waals surface area contributed by atoms with Crippen molar-refractivity contribution in [3.63, 3.8) is 0 Å². The molecule has 0 amide bonds. The zero-order chi connectivity index (χ0) is 7.00. The number of halogens is 3. The van der Waals surface area contributed by atoms with Crippen LogP contribution in [0.1, 0.15) is 0 Å².